The van der Waals surface area contributed by atoms with E-state index in [4.69, 9.17) is 5.26 Å². The van der Waals surface area contributed by atoms with Gasteiger partial charge < -0.3 is 10.6 Å². The molecule has 2 N–H and O–H groups in total. The molecule has 0 saturated carbocycles. The molecule has 1 aromatic heterocycles. The van der Waals surface area contributed by atoms with Crippen molar-refractivity contribution < 1.29 is 14.4 Å². The van der Waals surface area contributed by atoms with Gasteiger partial charge in [-0.25, -0.2) is 9.48 Å². The first-order chi connectivity index (χ1) is 16.5. The molecule has 3 aromatic rings. The summed E-state index contributed by atoms with van der Waals surface area (Å²) in [6.45, 7) is 7.18. The van der Waals surface area contributed by atoms with Gasteiger partial charge in [0, 0.05) is 11.5 Å². The average Bonchev–Trinajstić information content (AvgIpc) is 3.35. The molecule has 1 unspecified atom stereocenters. The Labute approximate surface area is 203 Å². The van der Waals surface area contributed by atoms with E-state index in [2.05, 4.69) is 15.7 Å². The molecule has 2 heterocycles. The van der Waals surface area contributed by atoms with Crippen LogP contribution >= 0.6 is 0 Å². The number of nitrogens with zero attached hydrogens (tertiary/aromatic N) is 4. The number of amides is 4. The van der Waals surface area contributed by atoms with Gasteiger partial charge in [0.1, 0.15) is 17.9 Å². The monoisotopic (exact) mass is 470 g/mol. The highest BCUT2D eigenvalue weighted by Crippen LogP contribution is 2.30. The second kappa shape index (κ2) is 8.72. The molecule has 0 bridgehead atoms. The van der Waals surface area contributed by atoms with E-state index in [1.807, 2.05) is 57.2 Å². The van der Waals surface area contributed by atoms with Crippen molar-refractivity contribution in [3.8, 4) is 11.8 Å². The van der Waals surface area contributed by atoms with Crippen molar-refractivity contribution in [2.75, 3.05) is 11.9 Å². The van der Waals surface area contributed by atoms with E-state index in [9.17, 15) is 14.4 Å². The van der Waals surface area contributed by atoms with E-state index in [0.29, 0.717) is 16.9 Å². The number of nitrogens with one attached hydrogen (secondary N) is 2. The zero-order valence-corrected chi connectivity index (χ0v) is 20.0. The number of para-hydroxylation sites is 1. The van der Waals surface area contributed by atoms with Gasteiger partial charge in [0.15, 0.2) is 0 Å². The minimum Gasteiger partial charge on any atom is -0.319 e. The fourth-order valence-corrected chi connectivity index (χ4v) is 3.84. The maximum absolute atomic E-state index is 13.2. The molecule has 1 aliphatic heterocycles. The Balaban J connectivity index is 1.56. The number of rotatable bonds is 5. The molecule has 35 heavy (non-hydrogen) atoms. The minimum absolute atomic E-state index is 0.257. The van der Waals surface area contributed by atoms with Crippen LogP contribution < -0.4 is 10.6 Å². The van der Waals surface area contributed by atoms with Crippen molar-refractivity contribution >= 4 is 23.7 Å². The quantitative estimate of drug-likeness (QED) is 0.554. The Morgan fingerprint density at radius 1 is 1.11 bits per heavy atom. The fraction of sp³-hybridized carbons (Fsp3) is 0.269. The molecule has 0 spiro atoms. The summed E-state index contributed by atoms with van der Waals surface area (Å²) in [4.78, 5) is 39.7. The Bertz CT molecular complexity index is 1330. The molecular weight excluding hydrogens is 444 g/mol. The van der Waals surface area contributed by atoms with Crippen molar-refractivity contribution in [3.05, 3.63) is 77.5 Å². The number of urea groups is 1. The Kier molecular flexibility index (Phi) is 5.91. The van der Waals surface area contributed by atoms with Crippen molar-refractivity contribution in [1.82, 2.24) is 20.0 Å². The van der Waals surface area contributed by atoms with E-state index < -0.39 is 29.9 Å². The summed E-state index contributed by atoms with van der Waals surface area (Å²) < 4.78 is 1.63. The number of aromatic nitrogens is 2. The Hall–Kier alpha value is -4.45. The maximum Gasteiger partial charge on any atom is 0.325 e. The number of hydrogen-bond acceptors (Lipinski definition) is 5. The SMILES string of the molecule is CC(C)(C)c1cc(NC(=O)CN2C(=O)NC(C)(c3ccc(C#N)cc3)C2=O)n(-c2ccccc2)n1. The summed E-state index contributed by atoms with van der Waals surface area (Å²) in [6, 6.07) is 18.9. The number of anilines is 1. The van der Waals surface area contributed by atoms with Crippen molar-refractivity contribution in [2.24, 2.45) is 0 Å². The number of carbonyl (C=O) groups excluding carboxylic acids is 3. The highest BCUT2D eigenvalue weighted by Gasteiger charge is 2.49. The third-order valence-electron chi connectivity index (χ3n) is 5.91. The lowest BCUT2D eigenvalue weighted by Gasteiger charge is -2.22. The van der Waals surface area contributed by atoms with Gasteiger partial charge in [-0.1, -0.05) is 51.1 Å². The molecule has 9 nitrogen and oxygen atoms in total. The third kappa shape index (κ3) is 4.51. The predicted octanol–water partition coefficient (Wildman–Crippen LogP) is 3.45. The number of hydrogen-bond donors (Lipinski definition) is 2. The van der Waals surface area contributed by atoms with Gasteiger partial charge in [-0.05, 0) is 36.8 Å². The van der Waals surface area contributed by atoms with Crippen LogP contribution in [0, 0.1) is 11.3 Å². The van der Waals surface area contributed by atoms with Crippen LogP contribution in [0.2, 0.25) is 0 Å². The van der Waals surface area contributed by atoms with E-state index >= 15 is 0 Å². The standard InChI is InChI=1S/C26H26N6O3/c1-25(2,3)20-14-21(32(30-20)19-8-6-5-7-9-19)28-22(33)16-31-23(34)26(4,29-24(31)35)18-12-10-17(15-27)11-13-18/h5-14H,16H2,1-4H3,(H,28,33)(H,29,35). The predicted molar refractivity (Wildman–Crippen MR) is 130 cm³/mol. The molecule has 1 fully saturated rings. The summed E-state index contributed by atoms with van der Waals surface area (Å²) in [7, 11) is 0. The smallest absolute Gasteiger partial charge is 0.319 e. The van der Waals surface area contributed by atoms with Gasteiger partial charge in [0.25, 0.3) is 5.91 Å². The van der Waals surface area contributed by atoms with Gasteiger partial charge in [-0.15, -0.1) is 0 Å². The molecule has 9 heteroatoms. The maximum atomic E-state index is 13.2. The van der Waals surface area contributed by atoms with Gasteiger partial charge in [-0.2, -0.15) is 10.4 Å². The van der Waals surface area contributed by atoms with Crippen LogP contribution in [0.15, 0.2) is 60.7 Å². The Morgan fingerprint density at radius 3 is 2.37 bits per heavy atom. The van der Waals surface area contributed by atoms with Crippen LogP contribution in [0.1, 0.15) is 44.5 Å². The van der Waals surface area contributed by atoms with Gasteiger partial charge in [0.2, 0.25) is 5.91 Å². The molecule has 178 valence electrons. The highest BCUT2D eigenvalue weighted by molar-refractivity contribution is 6.10. The Morgan fingerprint density at radius 2 is 1.77 bits per heavy atom. The number of benzene rings is 2. The minimum atomic E-state index is -1.34. The summed E-state index contributed by atoms with van der Waals surface area (Å²) in [6.07, 6.45) is 0. The van der Waals surface area contributed by atoms with Gasteiger partial charge in [-0.3, -0.25) is 14.5 Å². The summed E-state index contributed by atoms with van der Waals surface area (Å²) in [5.41, 5.74) is 0.913. The number of carbonyl (C=O) groups is 3. The first kappa shape index (κ1) is 23.7. The summed E-state index contributed by atoms with van der Waals surface area (Å²) in [5.74, 6) is -0.641. The van der Waals surface area contributed by atoms with Crippen LogP contribution in [0.4, 0.5) is 10.6 Å². The zero-order chi connectivity index (χ0) is 25.4. The molecule has 4 rings (SSSR count). The molecule has 4 amide bonds. The average molecular weight is 471 g/mol. The molecule has 1 saturated heterocycles. The molecule has 1 atom stereocenters. The van der Waals surface area contributed by atoms with Crippen LogP contribution in [-0.4, -0.2) is 39.1 Å². The third-order valence-corrected chi connectivity index (χ3v) is 5.91. The second-order valence-electron chi connectivity index (χ2n) is 9.60. The van der Waals surface area contributed by atoms with Gasteiger partial charge >= 0.3 is 6.03 Å². The summed E-state index contributed by atoms with van der Waals surface area (Å²) >= 11 is 0. The molecule has 0 radical (unpaired) electrons. The molecule has 1 aliphatic rings. The largest absolute Gasteiger partial charge is 0.325 e. The highest BCUT2D eigenvalue weighted by atomic mass is 16.2. The fourth-order valence-electron chi connectivity index (χ4n) is 3.84. The van der Waals surface area contributed by atoms with Crippen molar-refractivity contribution in [2.45, 2.75) is 38.6 Å². The molecule has 2 aromatic carbocycles. The lowest BCUT2D eigenvalue weighted by Crippen LogP contribution is -2.42. The van der Waals surface area contributed by atoms with Crippen molar-refractivity contribution in [1.29, 1.82) is 5.26 Å². The normalized spacial score (nSPS) is 17.7. The molecular formula is C26H26N6O3. The second-order valence-corrected chi connectivity index (χ2v) is 9.60. The first-order valence-electron chi connectivity index (χ1n) is 11.1. The number of imide groups is 1. The van der Waals surface area contributed by atoms with E-state index in [1.54, 1.807) is 41.9 Å². The van der Waals surface area contributed by atoms with Gasteiger partial charge in [0.05, 0.1) is 23.0 Å². The first-order valence-corrected chi connectivity index (χ1v) is 11.1. The van der Waals surface area contributed by atoms with Crippen LogP contribution in [0.5, 0.6) is 0 Å². The van der Waals surface area contributed by atoms with E-state index in [1.165, 1.54) is 0 Å². The van der Waals surface area contributed by atoms with E-state index in [-0.39, 0.29) is 5.41 Å². The lowest BCUT2D eigenvalue weighted by molar-refractivity contribution is -0.133. The van der Waals surface area contributed by atoms with Crippen LogP contribution in [0.3, 0.4) is 0 Å². The van der Waals surface area contributed by atoms with Crippen molar-refractivity contribution in [3.63, 3.8) is 0 Å². The molecule has 0 aliphatic carbocycles. The van der Waals surface area contributed by atoms with Crippen LogP contribution in [-0.2, 0) is 20.5 Å². The number of nitriles is 1. The van der Waals surface area contributed by atoms with E-state index in [0.717, 1.165) is 16.3 Å². The topological polar surface area (TPSA) is 120 Å². The lowest BCUT2D eigenvalue weighted by atomic mass is 9.91. The summed E-state index contributed by atoms with van der Waals surface area (Å²) in [5, 5.41) is 19.1. The zero-order valence-electron chi connectivity index (χ0n) is 20.0. The van der Waals surface area contributed by atoms with Crippen LogP contribution in [0.25, 0.3) is 5.69 Å².